The third-order valence-electron chi connectivity index (χ3n) is 3.13. The molecule has 0 bridgehead atoms. The van der Waals surface area contributed by atoms with E-state index in [-0.39, 0.29) is 5.91 Å². The van der Waals surface area contributed by atoms with E-state index in [1.807, 2.05) is 30.3 Å². The predicted molar refractivity (Wildman–Crippen MR) is 84.2 cm³/mol. The van der Waals surface area contributed by atoms with Crippen molar-refractivity contribution in [2.24, 2.45) is 16.0 Å². The van der Waals surface area contributed by atoms with Crippen molar-refractivity contribution < 1.29 is 4.79 Å². The minimum absolute atomic E-state index is 0.174. The van der Waals surface area contributed by atoms with Crippen molar-refractivity contribution in [3.8, 4) is 0 Å². The summed E-state index contributed by atoms with van der Waals surface area (Å²) in [6.45, 7) is 0. The largest absolute Gasteiger partial charge is 0.272 e. The summed E-state index contributed by atoms with van der Waals surface area (Å²) in [6.07, 6.45) is 1.61. The molecule has 0 saturated heterocycles. The molecule has 0 saturated carbocycles. The Balaban J connectivity index is 1.84. The lowest BCUT2D eigenvalue weighted by Gasteiger charge is -2.05. The average molecular weight is 298 g/mol. The fraction of sp³-hybridized carbons (Fsp3) is 0.0625. The van der Waals surface area contributed by atoms with Gasteiger partial charge in [-0.05, 0) is 29.8 Å². The van der Waals surface area contributed by atoms with E-state index in [1.165, 1.54) is 0 Å². The number of nitrogens with one attached hydrogen (secondary N) is 1. The first-order valence-corrected chi connectivity index (χ1v) is 6.84. The van der Waals surface area contributed by atoms with E-state index in [0.29, 0.717) is 10.7 Å². The summed E-state index contributed by atoms with van der Waals surface area (Å²) in [6, 6.07) is 16.7. The highest BCUT2D eigenvalue weighted by atomic mass is 35.5. The molecular formula is C16H12ClN3O. The fourth-order valence-corrected chi connectivity index (χ4v) is 2.18. The first-order chi connectivity index (χ1) is 10.2. The Kier molecular flexibility index (Phi) is 3.79. The van der Waals surface area contributed by atoms with Gasteiger partial charge in [-0.1, -0.05) is 41.9 Å². The second-order valence-electron chi connectivity index (χ2n) is 4.57. The second-order valence-corrected chi connectivity index (χ2v) is 5.01. The lowest BCUT2D eigenvalue weighted by molar-refractivity contribution is -0.120. The monoisotopic (exact) mass is 297 g/mol. The summed E-state index contributed by atoms with van der Waals surface area (Å²) in [4.78, 5) is 16.2. The van der Waals surface area contributed by atoms with Gasteiger partial charge >= 0.3 is 0 Å². The fourth-order valence-electron chi connectivity index (χ4n) is 2.06. The molecule has 2 aromatic carbocycles. The first-order valence-electron chi connectivity index (χ1n) is 6.46. The van der Waals surface area contributed by atoms with E-state index in [4.69, 9.17) is 11.6 Å². The molecule has 1 heterocycles. The van der Waals surface area contributed by atoms with Gasteiger partial charge in [0.15, 0.2) is 0 Å². The Morgan fingerprint density at radius 1 is 1.10 bits per heavy atom. The topological polar surface area (TPSA) is 53.8 Å². The number of aliphatic imine (C=N–C) groups is 1. The molecule has 1 N–H and O–H groups in total. The third-order valence-corrected chi connectivity index (χ3v) is 3.38. The molecule has 1 amide bonds. The highest BCUT2D eigenvalue weighted by Gasteiger charge is 2.29. The number of hydrogen-bond donors (Lipinski definition) is 1. The van der Waals surface area contributed by atoms with Crippen molar-refractivity contribution in [3.63, 3.8) is 0 Å². The molecule has 3 rings (SSSR count). The SMILES string of the molecule is O=C1NN=C(c2ccccc2)C1C=Nc1ccc(Cl)cc1. The highest BCUT2D eigenvalue weighted by molar-refractivity contribution is 6.30. The minimum Gasteiger partial charge on any atom is -0.272 e. The Morgan fingerprint density at radius 2 is 1.81 bits per heavy atom. The van der Waals surface area contributed by atoms with Crippen molar-refractivity contribution in [1.29, 1.82) is 0 Å². The zero-order chi connectivity index (χ0) is 14.7. The molecule has 5 heteroatoms. The average Bonchev–Trinajstić information content (AvgIpc) is 2.89. The van der Waals surface area contributed by atoms with Crippen LogP contribution in [-0.2, 0) is 4.79 Å². The molecule has 1 unspecified atom stereocenters. The van der Waals surface area contributed by atoms with Crippen LogP contribution in [0.15, 0.2) is 64.7 Å². The van der Waals surface area contributed by atoms with Crippen LogP contribution < -0.4 is 5.43 Å². The number of carbonyl (C=O) groups is 1. The Morgan fingerprint density at radius 3 is 2.52 bits per heavy atom. The van der Waals surface area contributed by atoms with Crippen LogP contribution in [0.3, 0.4) is 0 Å². The molecule has 1 atom stereocenters. The molecule has 1 aliphatic rings. The Labute approximate surface area is 127 Å². The van der Waals surface area contributed by atoms with Crippen molar-refractivity contribution in [2.45, 2.75) is 0 Å². The highest BCUT2D eigenvalue weighted by Crippen LogP contribution is 2.18. The molecule has 1 aliphatic heterocycles. The second kappa shape index (κ2) is 5.89. The Hall–Kier alpha value is -2.46. The summed E-state index contributed by atoms with van der Waals surface area (Å²) in [5.74, 6) is -0.658. The lowest BCUT2D eigenvalue weighted by atomic mass is 9.98. The molecule has 104 valence electrons. The van der Waals surface area contributed by atoms with Gasteiger partial charge in [-0.3, -0.25) is 9.79 Å². The van der Waals surface area contributed by atoms with Crippen LogP contribution in [0.25, 0.3) is 0 Å². The third kappa shape index (κ3) is 3.01. The molecule has 0 aliphatic carbocycles. The maximum absolute atomic E-state index is 11.9. The van der Waals surface area contributed by atoms with Crippen molar-refractivity contribution >= 4 is 35.1 Å². The van der Waals surface area contributed by atoms with Gasteiger partial charge in [-0.25, -0.2) is 5.43 Å². The number of rotatable bonds is 3. The van der Waals surface area contributed by atoms with Gasteiger partial charge in [0.1, 0.15) is 5.92 Å². The molecule has 2 aromatic rings. The number of amides is 1. The maximum atomic E-state index is 11.9. The van der Waals surface area contributed by atoms with Crippen molar-refractivity contribution in [3.05, 3.63) is 65.2 Å². The summed E-state index contributed by atoms with van der Waals surface area (Å²) in [5, 5.41) is 4.75. The van der Waals surface area contributed by atoms with E-state index in [1.54, 1.807) is 30.5 Å². The smallest absolute Gasteiger partial charge is 0.254 e. The van der Waals surface area contributed by atoms with Crippen LogP contribution in [0.1, 0.15) is 5.56 Å². The van der Waals surface area contributed by atoms with E-state index < -0.39 is 5.92 Å². The van der Waals surface area contributed by atoms with Crippen molar-refractivity contribution in [2.75, 3.05) is 0 Å². The number of hydrazone groups is 1. The van der Waals surface area contributed by atoms with Crippen LogP contribution in [0.2, 0.25) is 5.02 Å². The van der Waals surface area contributed by atoms with E-state index >= 15 is 0 Å². The molecular weight excluding hydrogens is 286 g/mol. The molecule has 0 fully saturated rings. The van der Waals surface area contributed by atoms with Gasteiger partial charge in [-0.2, -0.15) is 5.10 Å². The summed E-state index contributed by atoms with van der Waals surface area (Å²) in [5.41, 5.74) is 4.83. The minimum atomic E-state index is -0.483. The number of hydrogen-bond acceptors (Lipinski definition) is 3. The number of benzene rings is 2. The summed E-state index contributed by atoms with van der Waals surface area (Å²) >= 11 is 5.83. The van der Waals surface area contributed by atoms with Gasteiger partial charge in [0.25, 0.3) is 5.91 Å². The zero-order valence-corrected chi connectivity index (χ0v) is 11.8. The molecule has 0 radical (unpaired) electrons. The normalized spacial score (nSPS) is 17.9. The van der Waals surface area contributed by atoms with Crippen LogP contribution in [0.5, 0.6) is 0 Å². The first kappa shape index (κ1) is 13.5. The zero-order valence-electron chi connectivity index (χ0n) is 11.0. The molecule has 0 aromatic heterocycles. The molecule has 0 spiro atoms. The quantitative estimate of drug-likeness (QED) is 0.869. The van der Waals surface area contributed by atoms with Gasteiger partial charge in [-0.15, -0.1) is 0 Å². The van der Waals surface area contributed by atoms with E-state index in [2.05, 4.69) is 15.5 Å². The number of carbonyl (C=O) groups excluding carboxylic acids is 1. The van der Waals surface area contributed by atoms with Crippen LogP contribution in [-0.4, -0.2) is 17.8 Å². The summed E-state index contributed by atoms with van der Waals surface area (Å²) in [7, 11) is 0. The molecule has 21 heavy (non-hydrogen) atoms. The van der Waals surface area contributed by atoms with E-state index in [9.17, 15) is 4.79 Å². The van der Waals surface area contributed by atoms with Gasteiger partial charge in [0.05, 0.1) is 11.4 Å². The van der Waals surface area contributed by atoms with E-state index in [0.717, 1.165) is 11.3 Å². The Bertz CT molecular complexity index is 708. The maximum Gasteiger partial charge on any atom is 0.254 e. The predicted octanol–water partition coefficient (Wildman–Crippen LogP) is 3.19. The molecule has 4 nitrogen and oxygen atoms in total. The van der Waals surface area contributed by atoms with Gasteiger partial charge < -0.3 is 0 Å². The lowest BCUT2D eigenvalue weighted by Crippen LogP contribution is -2.24. The standard InChI is InChI=1S/C16H12ClN3O/c17-12-6-8-13(9-7-12)18-10-14-15(19-20-16(14)21)11-4-2-1-3-5-11/h1-10,14H,(H,20,21). The van der Waals surface area contributed by atoms with Crippen LogP contribution >= 0.6 is 11.6 Å². The van der Waals surface area contributed by atoms with Gasteiger partial charge in [0, 0.05) is 11.2 Å². The van der Waals surface area contributed by atoms with Gasteiger partial charge in [0.2, 0.25) is 0 Å². The number of halogens is 1. The summed E-state index contributed by atoms with van der Waals surface area (Å²) < 4.78 is 0. The van der Waals surface area contributed by atoms with Crippen LogP contribution in [0.4, 0.5) is 5.69 Å². The van der Waals surface area contributed by atoms with Crippen LogP contribution in [0, 0.1) is 5.92 Å². The van der Waals surface area contributed by atoms with Crippen molar-refractivity contribution in [1.82, 2.24) is 5.43 Å². The number of nitrogens with zero attached hydrogens (tertiary/aromatic N) is 2.